The zero-order valence-electron chi connectivity index (χ0n) is 17.9. The minimum Gasteiger partial charge on any atom is -0.316 e. The molecule has 0 amide bonds. The molecule has 0 saturated carbocycles. The van der Waals surface area contributed by atoms with Crippen molar-refractivity contribution in [3.8, 4) is 0 Å². The fourth-order valence-corrected chi connectivity index (χ4v) is 4.70. The van der Waals surface area contributed by atoms with E-state index in [2.05, 4.69) is 18.7 Å². The molecule has 0 aliphatic carbocycles. The van der Waals surface area contributed by atoms with Crippen LogP contribution in [0.1, 0.15) is 31.7 Å². The maximum atomic E-state index is 14.4. The molecule has 0 N–H and O–H groups in total. The number of halogens is 1. The molecular formula is C22H28FN5O2. The normalized spacial score (nSPS) is 20.2. The first-order chi connectivity index (χ1) is 14.3. The van der Waals surface area contributed by atoms with Crippen LogP contribution >= 0.6 is 0 Å². The summed E-state index contributed by atoms with van der Waals surface area (Å²) in [5.74, 6) is 1.51. The molecule has 4 rings (SSSR count). The van der Waals surface area contributed by atoms with E-state index in [1.54, 1.807) is 29.8 Å². The zero-order valence-corrected chi connectivity index (χ0v) is 17.9. The summed E-state index contributed by atoms with van der Waals surface area (Å²) >= 11 is 0. The number of aryl methyl sites for hydroxylation is 1. The van der Waals surface area contributed by atoms with Gasteiger partial charge in [-0.2, -0.15) is 0 Å². The van der Waals surface area contributed by atoms with Gasteiger partial charge in [-0.05, 0) is 24.3 Å². The summed E-state index contributed by atoms with van der Waals surface area (Å²) in [4.78, 5) is 32.4. The third-order valence-corrected chi connectivity index (χ3v) is 6.02. The number of likely N-dealkylation sites (tertiary alicyclic amines) is 1. The number of fused-ring (bicyclic) bond motifs is 1. The van der Waals surface area contributed by atoms with Crippen LogP contribution < -0.4 is 11.2 Å². The lowest BCUT2D eigenvalue weighted by atomic mass is 9.92. The summed E-state index contributed by atoms with van der Waals surface area (Å²) < 4.78 is 18.7. The summed E-state index contributed by atoms with van der Waals surface area (Å²) in [6.45, 7) is 7.11. The third kappa shape index (κ3) is 3.60. The van der Waals surface area contributed by atoms with Crippen molar-refractivity contribution in [3.05, 3.63) is 62.3 Å². The molecule has 1 aliphatic heterocycles. The van der Waals surface area contributed by atoms with Crippen LogP contribution in [-0.2, 0) is 27.2 Å². The molecule has 1 fully saturated rings. The molecule has 1 aromatic carbocycles. The van der Waals surface area contributed by atoms with Gasteiger partial charge in [0.1, 0.15) is 11.6 Å². The second-order valence-corrected chi connectivity index (χ2v) is 8.72. The molecule has 1 aliphatic rings. The molecule has 7 nitrogen and oxygen atoms in total. The Balaban J connectivity index is 1.87. The van der Waals surface area contributed by atoms with Gasteiger partial charge in [-0.15, -0.1) is 0 Å². The van der Waals surface area contributed by atoms with Gasteiger partial charge in [0, 0.05) is 32.7 Å². The van der Waals surface area contributed by atoms with Crippen molar-refractivity contribution >= 4 is 11.2 Å². The Morgan fingerprint density at radius 2 is 1.70 bits per heavy atom. The first-order valence-electron chi connectivity index (χ1n) is 10.4. The van der Waals surface area contributed by atoms with E-state index in [1.165, 1.54) is 24.1 Å². The summed E-state index contributed by atoms with van der Waals surface area (Å²) in [6.07, 6.45) is 1.19. The third-order valence-electron chi connectivity index (χ3n) is 6.02. The number of hydrogen-bond acceptors (Lipinski definition) is 4. The smallest absolute Gasteiger partial charge is 0.316 e. The van der Waals surface area contributed by atoms with Crippen LogP contribution in [0.5, 0.6) is 0 Å². The van der Waals surface area contributed by atoms with Crippen molar-refractivity contribution in [3.63, 3.8) is 0 Å². The van der Waals surface area contributed by atoms with E-state index in [1.807, 2.05) is 0 Å². The van der Waals surface area contributed by atoms with Gasteiger partial charge in [-0.25, -0.2) is 14.2 Å². The van der Waals surface area contributed by atoms with Crippen LogP contribution in [0, 0.1) is 17.7 Å². The van der Waals surface area contributed by atoms with Crippen molar-refractivity contribution in [2.75, 3.05) is 13.1 Å². The second kappa shape index (κ2) is 7.83. The lowest BCUT2D eigenvalue weighted by Crippen LogP contribution is -2.39. The Bertz CT molecular complexity index is 1200. The number of nitrogens with zero attached hydrogens (tertiary/aromatic N) is 5. The topological polar surface area (TPSA) is 65.1 Å². The molecule has 0 radical (unpaired) electrons. The van der Waals surface area contributed by atoms with E-state index in [4.69, 9.17) is 4.98 Å². The van der Waals surface area contributed by atoms with Crippen LogP contribution in [0.2, 0.25) is 0 Å². The summed E-state index contributed by atoms with van der Waals surface area (Å²) in [5, 5.41) is 0. The molecule has 8 heteroatoms. The first kappa shape index (κ1) is 20.5. The SMILES string of the molecule is C[C@H]1C[C@H](C)CN(Cc2nc3c(c(=O)n(C)c(=O)n3C)n2Cc2ccccc2F)C1. The Morgan fingerprint density at radius 3 is 2.37 bits per heavy atom. The molecule has 160 valence electrons. The van der Waals surface area contributed by atoms with Gasteiger partial charge in [0.2, 0.25) is 0 Å². The maximum Gasteiger partial charge on any atom is 0.332 e. The van der Waals surface area contributed by atoms with Crippen LogP contribution in [0.4, 0.5) is 4.39 Å². The number of benzene rings is 1. The molecule has 1 saturated heterocycles. The van der Waals surface area contributed by atoms with E-state index in [-0.39, 0.29) is 12.4 Å². The minimum absolute atomic E-state index is 0.185. The minimum atomic E-state index is -0.421. The van der Waals surface area contributed by atoms with Gasteiger partial charge in [0.05, 0.1) is 13.1 Å². The molecule has 3 aromatic rings. The standard InChI is InChI=1S/C22H28FN5O2/c1-14-9-15(2)11-27(10-14)13-18-24-20-19(21(29)26(4)22(30)25(20)3)28(18)12-16-7-5-6-8-17(16)23/h5-8,14-15H,9-13H2,1-4H3/t14-,15-/m0/s1. The monoisotopic (exact) mass is 413 g/mol. The highest BCUT2D eigenvalue weighted by Crippen LogP contribution is 2.24. The van der Waals surface area contributed by atoms with Crippen molar-refractivity contribution in [2.24, 2.45) is 25.9 Å². The predicted molar refractivity (Wildman–Crippen MR) is 114 cm³/mol. The Morgan fingerprint density at radius 1 is 1.03 bits per heavy atom. The van der Waals surface area contributed by atoms with Crippen molar-refractivity contribution in [1.29, 1.82) is 0 Å². The molecule has 30 heavy (non-hydrogen) atoms. The lowest BCUT2D eigenvalue weighted by molar-refractivity contribution is 0.130. The molecular weight excluding hydrogens is 385 g/mol. The van der Waals surface area contributed by atoms with Gasteiger partial charge in [0.15, 0.2) is 11.2 Å². The van der Waals surface area contributed by atoms with E-state index < -0.39 is 11.2 Å². The second-order valence-electron chi connectivity index (χ2n) is 8.72. The number of aromatic nitrogens is 4. The largest absolute Gasteiger partial charge is 0.332 e. The average molecular weight is 413 g/mol. The molecule has 2 aromatic heterocycles. The van der Waals surface area contributed by atoms with Gasteiger partial charge in [0.25, 0.3) is 5.56 Å². The summed E-state index contributed by atoms with van der Waals surface area (Å²) in [7, 11) is 3.07. The number of rotatable bonds is 4. The van der Waals surface area contributed by atoms with Gasteiger partial charge in [-0.3, -0.25) is 18.8 Å². The van der Waals surface area contributed by atoms with Gasteiger partial charge < -0.3 is 4.57 Å². The molecule has 0 spiro atoms. The van der Waals surface area contributed by atoms with E-state index in [0.717, 1.165) is 17.7 Å². The lowest BCUT2D eigenvalue weighted by Gasteiger charge is -2.34. The van der Waals surface area contributed by atoms with E-state index in [9.17, 15) is 14.0 Å². The molecule has 0 bridgehead atoms. The fraction of sp³-hybridized carbons (Fsp3) is 0.500. The van der Waals surface area contributed by atoms with Crippen LogP contribution in [0.25, 0.3) is 11.2 Å². The van der Waals surface area contributed by atoms with Crippen LogP contribution in [0.15, 0.2) is 33.9 Å². The molecule has 3 heterocycles. The van der Waals surface area contributed by atoms with Crippen molar-refractivity contribution in [1.82, 2.24) is 23.6 Å². The number of hydrogen-bond donors (Lipinski definition) is 0. The van der Waals surface area contributed by atoms with Crippen LogP contribution in [0.3, 0.4) is 0 Å². The fourth-order valence-electron chi connectivity index (χ4n) is 4.70. The zero-order chi connectivity index (χ0) is 21.6. The predicted octanol–water partition coefficient (Wildman–Crippen LogP) is 2.10. The van der Waals surface area contributed by atoms with Gasteiger partial charge in [-0.1, -0.05) is 32.0 Å². The summed E-state index contributed by atoms with van der Waals surface area (Å²) in [5.41, 5.74) is 0.316. The van der Waals surface area contributed by atoms with Crippen molar-refractivity contribution in [2.45, 2.75) is 33.4 Å². The van der Waals surface area contributed by atoms with E-state index in [0.29, 0.717) is 40.9 Å². The number of piperidine rings is 1. The highest BCUT2D eigenvalue weighted by Gasteiger charge is 2.25. The average Bonchev–Trinajstić information content (AvgIpc) is 3.04. The highest BCUT2D eigenvalue weighted by atomic mass is 19.1. The molecule has 0 unspecified atom stereocenters. The Labute approximate surface area is 174 Å². The number of imidazole rings is 1. The molecule has 2 atom stereocenters. The Hall–Kier alpha value is -2.74. The van der Waals surface area contributed by atoms with Gasteiger partial charge >= 0.3 is 5.69 Å². The van der Waals surface area contributed by atoms with Crippen LogP contribution in [-0.4, -0.2) is 36.7 Å². The van der Waals surface area contributed by atoms with E-state index >= 15 is 0 Å². The maximum absolute atomic E-state index is 14.4. The summed E-state index contributed by atoms with van der Waals surface area (Å²) in [6, 6.07) is 6.54. The van der Waals surface area contributed by atoms with Crippen molar-refractivity contribution < 1.29 is 4.39 Å². The highest BCUT2D eigenvalue weighted by molar-refractivity contribution is 5.71. The Kier molecular flexibility index (Phi) is 5.36. The quantitative estimate of drug-likeness (QED) is 0.657. The first-order valence-corrected chi connectivity index (χ1v) is 10.4.